The van der Waals surface area contributed by atoms with Crippen LogP contribution in [0.2, 0.25) is 0 Å². The Balaban J connectivity index is 1.61. The molecule has 0 fully saturated rings. The summed E-state index contributed by atoms with van der Waals surface area (Å²) < 4.78 is 1.11. The number of fused-ring (bicyclic) bond motifs is 1. The molecule has 22 heavy (non-hydrogen) atoms. The molecule has 0 amide bonds. The Morgan fingerprint density at radius 3 is 2.82 bits per heavy atom. The zero-order valence-corrected chi connectivity index (χ0v) is 14.2. The minimum Gasteiger partial charge on any atom is -0.324 e. The fraction of sp³-hybridized carbons (Fsp3) is 0.176. The Kier molecular flexibility index (Phi) is 3.68. The molecule has 4 rings (SSSR count). The van der Waals surface area contributed by atoms with E-state index in [0.29, 0.717) is 5.95 Å². The highest BCUT2D eigenvalue weighted by atomic mass is 79.9. The monoisotopic (exact) mass is 371 g/mol. The zero-order chi connectivity index (χ0) is 14.9. The van der Waals surface area contributed by atoms with Gasteiger partial charge in [0.1, 0.15) is 0 Å². The molecule has 1 aromatic carbocycles. The van der Waals surface area contributed by atoms with Crippen LogP contribution in [0.15, 0.2) is 46.4 Å². The number of nitrogens with one attached hydrogen (secondary N) is 1. The highest BCUT2D eigenvalue weighted by molar-refractivity contribution is 9.11. The summed E-state index contributed by atoms with van der Waals surface area (Å²) in [6, 6.07) is 12.6. The van der Waals surface area contributed by atoms with Crippen LogP contribution >= 0.6 is 27.3 Å². The smallest absolute Gasteiger partial charge is 0.227 e. The minimum absolute atomic E-state index is 0.639. The standard InChI is InChI=1S/C17H14BrN3S/c18-16-7-6-15(22-16)14-8-9-19-17(21-14)20-13-5-4-11-2-1-3-12(11)10-13/h4-10H,1-3H2,(H,19,20,21). The van der Waals surface area contributed by atoms with Crippen molar-refractivity contribution in [1.29, 1.82) is 0 Å². The van der Waals surface area contributed by atoms with Crippen LogP contribution in [0, 0.1) is 0 Å². The van der Waals surface area contributed by atoms with Crippen molar-refractivity contribution in [2.24, 2.45) is 0 Å². The number of aromatic nitrogens is 2. The first-order valence-corrected chi connectivity index (χ1v) is 8.86. The van der Waals surface area contributed by atoms with Crippen molar-refractivity contribution >= 4 is 38.9 Å². The molecule has 0 saturated heterocycles. The number of anilines is 2. The molecule has 1 N–H and O–H groups in total. The molecule has 0 saturated carbocycles. The summed E-state index contributed by atoms with van der Waals surface area (Å²) in [5.41, 5.74) is 4.92. The number of aryl methyl sites for hydroxylation is 2. The minimum atomic E-state index is 0.639. The second-order valence-corrected chi connectivity index (χ2v) is 7.79. The van der Waals surface area contributed by atoms with Crippen molar-refractivity contribution in [2.45, 2.75) is 19.3 Å². The second-order valence-electron chi connectivity index (χ2n) is 5.33. The topological polar surface area (TPSA) is 37.8 Å². The van der Waals surface area contributed by atoms with E-state index in [2.05, 4.69) is 55.5 Å². The van der Waals surface area contributed by atoms with Crippen molar-refractivity contribution in [3.63, 3.8) is 0 Å². The van der Waals surface area contributed by atoms with Crippen molar-refractivity contribution in [3.8, 4) is 10.6 Å². The average molecular weight is 372 g/mol. The summed E-state index contributed by atoms with van der Waals surface area (Å²) >= 11 is 5.16. The van der Waals surface area contributed by atoms with Gasteiger partial charge in [-0.1, -0.05) is 6.07 Å². The molecule has 0 unspecified atom stereocenters. The maximum Gasteiger partial charge on any atom is 0.227 e. The first-order valence-electron chi connectivity index (χ1n) is 7.25. The Bertz CT molecular complexity index is 828. The van der Waals surface area contributed by atoms with E-state index >= 15 is 0 Å². The molecule has 2 aromatic heterocycles. The number of benzene rings is 1. The molecule has 5 heteroatoms. The number of nitrogens with zero attached hydrogens (tertiary/aromatic N) is 2. The predicted octanol–water partition coefficient (Wildman–Crippen LogP) is 5.20. The number of thiophene rings is 1. The molecule has 0 aliphatic heterocycles. The summed E-state index contributed by atoms with van der Waals surface area (Å²) in [6.07, 6.45) is 5.44. The van der Waals surface area contributed by atoms with Crippen molar-refractivity contribution in [2.75, 3.05) is 5.32 Å². The third-order valence-electron chi connectivity index (χ3n) is 3.84. The molecular weight excluding hydrogens is 358 g/mol. The van der Waals surface area contributed by atoms with E-state index in [4.69, 9.17) is 0 Å². The van der Waals surface area contributed by atoms with E-state index in [-0.39, 0.29) is 0 Å². The Morgan fingerprint density at radius 2 is 1.95 bits per heavy atom. The fourth-order valence-corrected chi connectivity index (χ4v) is 4.14. The zero-order valence-electron chi connectivity index (χ0n) is 11.8. The van der Waals surface area contributed by atoms with E-state index in [1.54, 1.807) is 17.5 Å². The van der Waals surface area contributed by atoms with Crippen LogP contribution in [-0.4, -0.2) is 9.97 Å². The van der Waals surface area contributed by atoms with Gasteiger partial charge in [0.05, 0.1) is 14.4 Å². The van der Waals surface area contributed by atoms with Crippen LogP contribution in [0.3, 0.4) is 0 Å². The lowest BCUT2D eigenvalue weighted by Gasteiger charge is -2.08. The van der Waals surface area contributed by atoms with Gasteiger partial charge >= 0.3 is 0 Å². The van der Waals surface area contributed by atoms with Crippen LogP contribution < -0.4 is 5.32 Å². The molecule has 0 spiro atoms. The molecular formula is C17H14BrN3S. The summed E-state index contributed by atoms with van der Waals surface area (Å²) in [5.74, 6) is 0.639. The normalized spacial score (nSPS) is 13.1. The van der Waals surface area contributed by atoms with Gasteiger partial charge in [-0.25, -0.2) is 9.97 Å². The summed E-state index contributed by atoms with van der Waals surface area (Å²) in [6.45, 7) is 0. The van der Waals surface area contributed by atoms with Gasteiger partial charge in [-0.3, -0.25) is 0 Å². The Labute approximate surface area is 141 Å². The van der Waals surface area contributed by atoms with Crippen LogP contribution in [0.4, 0.5) is 11.6 Å². The number of hydrogen-bond acceptors (Lipinski definition) is 4. The van der Waals surface area contributed by atoms with E-state index in [1.165, 1.54) is 30.4 Å². The van der Waals surface area contributed by atoms with E-state index in [1.807, 2.05) is 12.1 Å². The van der Waals surface area contributed by atoms with Crippen LogP contribution in [-0.2, 0) is 12.8 Å². The van der Waals surface area contributed by atoms with E-state index < -0.39 is 0 Å². The molecule has 110 valence electrons. The van der Waals surface area contributed by atoms with Gasteiger partial charge in [0, 0.05) is 11.9 Å². The van der Waals surface area contributed by atoms with Gasteiger partial charge in [0.2, 0.25) is 5.95 Å². The van der Waals surface area contributed by atoms with E-state index in [9.17, 15) is 0 Å². The first kappa shape index (κ1) is 13.9. The maximum absolute atomic E-state index is 4.61. The van der Waals surface area contributed by atoms with Crippen LogP contribution in [0.5, 0.6) is 0 Å². The van der Waals surface area contributed by atoms with Gasteiger partial charge in [-0.15, -0.1) is 11.3 Å². The molecule has 3 aromatic rings. The second kappa shape index (κ2) is 5.82. The highest BCUT2D eigenvalue weighted by Crippen LogP contribution is 2.31. The Morgan fingerprint density at radius 1 is 1.05 bits per heavy atom. The van der Waals surface area contributed by atoms with Gasteiger partial charge in [0.15, 0.2) is 0 Å². The number of halogens is 1. The molecule has 3 nitrogen and oxygen atoms in total. The fourth-order valence-electron chi connectivity index (χ4n) is 2.79. The van der Waals surface area contributed by atoms with Gasteiger partial charge in [-0.05, 0) is 76.7 Å². The molecule has 0 bridgehead atoms. The summed E-state index contributed by atoms with van der Waals surface area (Å²) in [5, 5.41) is 3.32. The molecule has 1 aliphatic rings. The van der Waals surface area contributed by atoms with Crippen molar-refractivity contribution in [1.82, 2.24) is 9.97 Å². The SMILES string of the molecule is Brc1ccc(-c2ccnc(Nc3ccc4c(c3)CCC4)n2)s1. The average Bonchev–Trinajstić information content (AvgIpc) is 3.16. The molecule has 0 atom stereocenters. The molecule has 0 radical (unpaired) electrons. The van der Waals surface area contributed by atoms with Crippen LogP contribution in [0.1, 0.15) is 17.5 Å². The van der Waals surface area contributed by atoms with Crippen molar-refractivity contribution < 1.29 is 0 Å². The predicted molar refractivity (Wildman–Crippen MR) is 94.8 cm³/mol. The lowest BCUT2D eigenvalue weighted by Crippen LogP contribution is -1.98. The third-order valence-corrected chi connectivity index (χ3v) is 5.48. The van der Waals surface area contributed by atoms with Gasteiger partial charge < -0.3 is 5.32 Å². The van der Waals surface area contributed by atoms with Crippen LogP contribution in [0.25, 0.3) is 10.6 Å². The molecule has 2 heterocycles. The molecule has 1 aliphatic carbocycles. The lowest BCUT2D eigenvalue weighted by atomic mass is 10.1. The maximum atomic E-state index is 4.61. The van der Waals surface area contributed by atoms with Gasteiger partial charge in [-0.2, -0.15) is 0 Å². The largest absolute Gasteiger partial charge is 0.324 e. The number of rotatable bonds is 3. The highest BCUT2D eigenvalue weighted by Gasteiger charge is 2.11. The number of hydrogen-bond donors (Lipinski definition) is 1. The van der Waals surface area contributed by atoms with E-state index in [0.717, 1.165) is 20.0 Å². The van der Waals surface area contributed by atoms with Crippen molar-refractivity contribution in [3.05, 3.63) is 57.5 Å². The summed E-state index contributed by atoms with van der Waals surface area (Å²) in [4.78, 5) is 10.1. The van der Waals surface area contributed by atoms with Gasteiger partial charge in [0.25, 0.3) is 0 Å². The lowest BCUT2D eigenvalue weighted by molar-refractivity contribution is 0.912. The third kappa shape index (κ3) is 2.78. The quantitative estimate of drug-likeness (QED) is 0.687. The Hall–Kier alpha value is -1.72. The first-order chi connectivity index (χ1) is 10.8. The summed E-state index contributed by atoms with van der Waals surface area (Å²) in [7, 11) is 0.